The summed E-state index contributed by atoms with van der Waals surface area (Å²) in [4.78, 5) is 11.5. The quantitative estimate of drug-likeness (QED) is 0.750. The van der Waals surface area contributed by atoms with Crippen molar-refractivity contribution in [3.05, 3.63) is 47.5 Å². The normalized spacial score (nSPS) is 20.7. The molecule has 2 aliphatic heterocycles. The fourth-order valence-electron chi connectivity index (χ4n) is 4.28. The number of rotatable bonds is 3. The average molecular weight is 378 g/mol. The second kappa shape index (κ2) is 6.24. The van der Waals surface area contributed by atoms with Crippen LogP contribution < -0.4 is 20.1 Å². The van der Waals surface area contributed by atoms with E-state index in [4.69, 9.17) is 24.9 Å². The Labute approximate surface area is 163 Å². The van der Waals surface area contributed by atoms with Crippen molar-refractivity contribution >= 4 is 22.7 Å². The molecular weight excluding hydrogens is 356 g/mol. The van der Waals surface area contributed by atoms with Crippen LogP contribution in [0.3, 0.4) is 0 Å². The lowest BCUT2D eigenvalue weighted by Crippen LogP contribution is -2.31. The fraction of sp³-hybridized carbons (Fsp3) is 0.333. The van der Waals surface area contributed by atoms with Gasteiger partial charge in [-0.05, 0) is 23.6 Å². The summed E-state index contributed by atoms with van der Waals surface area (Å²) in [5.74, 6) is 2.26. The SMILES string of the molecule is COc1cc2nc(N3CCC4(C3)OCc3ccccc34)nc(N)c2cc1OC. The van der Waals surface area contributed by atoms with Gasteiger partial charge in [-0.25, -0.2) is 4.98 Å². The lowest BCUT2D eigenvalue weighted by atomic mass is 9.92. The standard InChI is InChI=1S/C21H22N4O3/c1-26-17-9-14-16(10-18(17)27-2)23-20(24-19(14)22)25-8-7-21(12-25)15-6-4-3-5-13(15)11-28-21/h3-6,9-10H,7-8,11-12H2,1-2H3,(H2,22,23,24). The summed E-state index contributed by atoms with van der Waals surface area (Å²) in [6.45, 7) is 2.18. The van der Waals surface area contributed by atoms with Gasteiger partial charge >= 0.3 is 0 Å². The summed E-state index contributed by atoms with van der Waals surface area (Å²) in [7, 11) is 3.20. The highest BCUT2D eigenvalue weighted by Crippen LogP contribution is 2.44. The molecule has 1 saturated heterocycles. The van der Waals surface area contributed by atoms with Gasteiger partial charge in [-0.3, -0.25) is 0 Å². The first-order chi connectivity index (χ1) is 13.6. The average Bonchev–Trinajstić information content (AvgIpc) is 3.32. The summed E-state index contributed by atoms with van der Waals surface area (Å²) >= 11 is 0. The molecule has 1 fully saturated rings. The summed E-state index contributed by atoms with van der Waals surface area (Å²) in [6.07, 6.45) is 0.900. The topological polar surface area (TPSA) is 82.7 Å². The Morgan fingerprint density at radius 2 is 1.89 bits per heavy atom. The van der Waals surface area contributed by atoms with E-state index in [0.29, 0.717) is 36.4 Å². The molecule has 2 N–H and O–H groups in total. The van der Waals surface area contributed by atoms with E-state index in [1.54, 1.807) is 14.2 Å². The molecule has 1 unspecified atom stereocenters. The van der Waals surface area contributed by atoms with Crippen LogP contribution in [0.5, 0.6) is 11.5 Å². The molecule has 0 radical (unpaired) electrons. The Hall–Kier alpha value is -3.06. The molecule has 7 heteroatoms. The monoisotopic (exact) mass is 378 g/mol. The van der Waals surface area contributed by atoms with Crippen molar-refractivity contribution in [2.75, 3.05) is 37.9 Å². The zero-order valence-electron chi connectivity index (χ0n) is 15.9. The van der Waals surface area contributed by atoms with Crippen LogP contribution in [0.15, 0.2) is 36.4 Å². The van der Waals surface area contributed by atoms with E-state index >= 15 is 0 Å². The number of nitrogens with zero attached hydrogens (tertiary/aromatic N) is 3. The van der Waals surface area contributed by atoms with E-state index < -0.39 is 0 Å². The number of nitrogen functional groups attached to an aromatic ring is 1. The molecule has 2 aromatic carbocycles. The van der Waals surface area contributed by atoms with Crippen molar-refractivity contribution in [3.8, 4) is 11.5 Å². The second-order valence-corrected chi connectivity index (χ2v) is 7.24. The number of fused-ring (bicyclic) bond motifs is 3. The summed E-state index contributed by atoms with van der Waals surface area (Å²) in [6, 6.07) is 12.1. The lowest BCUT2D eigenvalue weighted by Gasteiger charge is -2.25. The van der Waals surface area contributed by atoms with Crippen molar-refractivity contribution in [2.45, 2.75) is 18.6 Å². The number of methoxy groups -OCH3 is 2. The Balaban J connectivity index is 1.52. The predicted octanol–water partition coefficient (Wildman–Crippen LogP) is 2.87. The van der Waals surface area contributed by atoms with Crippen LogP contribution in [0, 0.1) is 0 Å². The van der Waals surface area contributed by atoms with Crippen molar-refractivity contribution in [1.29, 1.82) is 0 Å². The molecular formula is C21H22N4O3. The third-order valence-electron chi connectivity index (χ3n) is 5.75. The molecule has 1 aromatic heterocycles. The van der Waals surface area contributed by atoms with Crippen LogP contribution in [0.2, 0.25) is 0 Å². The van der Waals surface area contributed by atoms with E-state index in [1.807, 2.05) is 12.1 Å². The minimum atomic E-state index is -0.290. The van der Waals surface area contributed by atoms with E-state index in [9.17, 15) is 0 Å². The molecule has 0 saturated carbocycles. The van der Waals surface area contributed by atoms with E-state index in [2.05, 4.69) is 34.1 Å². The minimum Gasteiger partial charge on any atom is -0.493 e. The van der Waals surface area contributed by atoms with E-state index in [0.717, 1.165) is 23.9 Å². The molecule has 3 aromatic rings. The summed E-state index contributed by atoms with van der Waals surface area (Å²) in [5.41, 5.74) is 9.24. The molecule has 144 valence electrons. The first-order valence-electron chi connectivity index (χ1n) is 9.30. The lowest BCUT2D eigenvalue weighted by molar-refractivity contribution is -0.0205. The van der Waals surface area contributed by atoms with Gasteiger partial charge in [0, 0.05) is 18.0 Å². The van der Waals surface area contributed by atoms with Gasteiger partial charge in [0.25, 0.3) is 0 Å². The number of nitrogens with two attached hydrogens (primary N) is 1. The largest absolute Gasteiger partial charge is 0.493 e. The Morgan fingerprint density at radius 3 is 2.71 bits per heavy atom. The number of benzene rings is 2. The molecule has 3 heterocycles. The van der Waals surface area contributed by atoms with Crippen molar-refractivity contribution < 1.29 is 14.2 Å². The number of ether oxygens (including phenoxy) is 3. The van der Waals surface area contributed by atoms with Crippen LogP contribution in [0.4, 0.5) is 11.8 Å². The molecule has 2 aliphatic rings. The summed E-state index contributed by atoms with van der Waals surface area (Å²) < 4.78 is 17.0. The Kier molecular flexibility index (Phi) is 3.80. The highest BCUT2D eigenvalue weighted by Gasteiger charge is 2.46. The maximum absolute atomic E-state index is 6.26. The van der Waals surface area contributed by atoms with Gasteiger partial charge in [-0.1, -0.05) is 24.3 Å². The Bertz CT molecular complexity index is 1070. The van der Waals surface area contributed by atoms with Gasteiger partial charge in [0.2, 0.25) is 5.95 Å². The van der Waals surface area contributed by atoms with Gasteiger partial charge in [-0.15, -0.1) is 0 Å². The van der Waals surface area contributed by atoms with Crippen LogP contribution in [0.25, 0.3) is 10.9 Å². The van der Waals surface area contributed by atoms with Gasteiger partial charge in [0.15, 0.2) is 11.5 Å². The van der Waals surface area contributed by atoms with E-state index in [-0.39, 0.29) is 5.60 Å². The predicted molar refractivity (Wildman–Crippen MR) is 107 cm³/mol. The smallest absolute Gasteiger partial charge is 0.228 e. The van der Waals surface area contributed by atoms with Crippen LogP contribution in [-0.4, -0.2) is 37.3 Å². The maximum Gasteiger partial charge on any atom is 0.228 e. The van der Waals surface area contributed by atoms with Crippen molar-refractivity contribution in [2.24, 2.45) is 0 Å². The van der Waals surface area contributed by atoms with Crippen molar-refractivity contribution in [3.63, 3.8) is 0 Å². The number of hydrogen-bond acceptors (Lipinski definition) is 7. The molecule has 1 spiro atoms. The molecule has 0 bridgehead atoms. The first kappa shape index (κ1) is 17.1. The van der Waals surface area contributed by atoms with Crippen LogP contribution in [0.1, 0.15) is 17.5 Å². The van der Waals surface area contributed by atoms with Gasteiger partial charge in [-0.2, -0.15) is 4.98 Å². The highest BCUT2D eigenvalue weighted by atomic mass is 16.5. The molecule has 1 atom stereocenters. The van der Waals surface area contributed by atoms with Crippen molar-refractivity contribution in [1.82, 2.24) is 9.97 Å². The Morgan fingerprint density at radius 1 is 1.11 bits per heavy atom. The third kappa shape index (κ3) is 2.46. The van der Waals surface area contributed by atoms with Crippen LogP contribution >= 0.6 is 0 Å². The zero-order valence-corrected chi connectivity index (χ0v) is 15.9. The molecule has 0 aliphatic carbocycles. The molecule has 28 heavy (non-hydrogen) atoms. The highest BCUT2D eigenvalue weighted by molar-refractivity contribution is 5.91. The molecule has 0 amide bonds. The number of aromatic nitrogens is 2. The van der Waals surface area contributed by atoms with Gasteiger partial charge < -0.3 is 24.8 Å². The zero-order chi connectivity index (χ0) is 19.3. The maximum atomic E-state index is 6.26. The number of anilines is 2. The number of hydrogen-bond donors (Lipinski definition) is 1. The second-order valence-electron chi connectivity index (χ2n) is 7.24. The molecule has 7 nitrogen and oxygen atoms in total. The third-order valence-corrected chi connectivity index (χ3v) is 5.75. The first-order valence-corrected chi connectivity index (χ1v) is 9.30. The van der Waals surface area contributed by atoms with Gasteiger partial charge in [0.05, 0.1) is 32.9 Å². The van der Waals surface area contributed by atoms with Crippen LogP contribution in [-0.2, 0) is 16.9 Å². The summed E-state index contributed by atoms with van der Waals surface area (Å²) in [5, 5.41) is 0.748. The van der Waals surface area contributed by atoms with Gasteiger partial charge in [0.1, 0.15) is 11.4 Å². The minimum absolute atomic E-state index is 0.290. The fourth-order valence-corrected chi connectivity index (χ4v) is 4.28. The van der Waals surface area contributed by atoms with E-state index in [1.165, 1.54) is 11.1 Å². The molecule has 5 rings (SSSR count).